The summed E-state index contributed by atoms with van der Waals surface area (Å²) in [6.45, 7) is 2.09. The summed E-state index contributed by atoms with van der Waals surface area (Å²) in [4.78, 5) is 22.7. The molecule has 1 heterocycles. The Labute approximate surface area is 65.6 Å². The Morgan fingerprint density at radius 2 is 2.45 bits per heavy atom. The molecule has 11 heavy (non-hydrogen) atoms. The number of carbonyl (C=O) groups is 2. The van der Waals surface area contributed by atoms with Crippen LogP contribution in [0.3, 0.4) is 0 Å². The molecule has 0 saturated carbocycles. The van der Waals surface area contributed by atoms with Crippen LogP contribution >= 0.6 is 0 Å². The first-order chi connectivity index (χ1) is 5.34. The molecule has 1 N–H and O–H groups in total. The first-order valence-electron chi connectivity index (χ1n) is 3.81. The molecule has 0 aromatic carbocycles. The third-order valence-corrected chi connectivity index (χ3v) is 1.69. The van der Waals surface area contributed by atoms with Crippen LogP contribution in [-0.4, -0.2) is 36.9 Å². The van der Waals surface area contributed by atoms with Crippen molar-refractivity contribution in [3.63, 3.8) is 0 Å². The molecule has 1 rings (SSSR count). The van der Waals surface area contributed by atoms with Gasteiger partial charge < -0.3 is 15.0 Å². The lowest BCUT2D eigenvalue weighted by Gasteiger charge is -2.26. The normalized spacial score (nSPS) is 17.8. The zero-order valence-corrected chi connectivity index (χ0v) is 6.38. The van der Waals surface area contributed by atoms with E-state index in [1.165, 1.54) is 0 Å². The largest absolute Gasteiger partial charge is 0.338 e. The third-order valence-electron chi connectivity index (χ3n) is 1.69. The van der Waals surface area contributed by atoms with Crippen LogP contribution in [0, 0.1) is 0 Å². The number of nitrogens with one attached hydrogen (secondary N) is 1. The van der Waals surface area contributed by atoms with Gasteiger partial charge >= 0.3 is 6.03 Å². The van der Waals surface area contributed by atoms with E-state index in [9.17, 15) is 9.59 Å². The fraction of sp³-hybridized carbons (Fsp3) is 0.714. The van der Waals surface area contributed by atoms with Gasteiger partial charge in [-0.05, 0) is 6.42 Å². The van der Waals surface area contributed by atoms with Crippen molar-refractivity contribution in [3.05, 3.63) is 0 Å². The van der Waals surface area contributed by atoms with Gasteiger partial charge in [0.25, 0.3) is 0 Å². The molecule has 0 bridgehead atoms. The van der Waals surface area contributed by atoms with Crippen LogP contribution in [-0.2, 0) is 4.79 Å². The van der Waals surface area contributed by atoms with E-state index >= 15 is 0 Å². The lowest BCUT2D eigenvalue weighted by molar-refractivity contribution is -0.108. The monoisotopic (exact) mass is 156 g/mol. The van der Waals surface area contributed by atoms with E-state index in [0.29, 0.717) is 13.0 Å². The second-order valence-corrected chi connectivity index (χ2v) is 2.53. The van der Waals surface area contributed by atoms with E-state index in [4.69, 9.17) is 0 Å². The second kappa shape index (κ2) is 3.95. The highest BCUT2D eigenvalue weighted by Crippen LogP contribution is 1.98. The summed E-state index contributed by atoms with van der Waals surface area (Å²) in [7, 11) is 0. The first-order valence-corrected chi connectivity index (χ1v) is 3.81. The molecule has 1 aliphatic rings. The molecule has 4 heteroatoms. The van der Waals surface area contributed by atoms with Crippen LogP contribution in [0.15, 0.2) is 0 Å². The van der Waals surface area contributed by atoms with Crippen molar-refractivity contribution in [1.82, 2.24) is 10.2 Å². The minimum atomic E-state index is -0.0434. The average Bonchev–Trinajstić information content (AvgIpc) is 2.03. The van der Waals surface area contributed by atoms with Crippen LogP contribution < -0.4 is 5.32 Å². The van der Waals surface area contributed by atoms with Crippen LogP contribution in [0.2, 0.25) is 0 Å². The lowest BCUT2D eigenvalue weighted by Crippen LogP contribution is -2.46. The van der Waals surface area contributed by atoms with Crippen molar-refractivity contribution >= 4 is 12.3 Å². The molecule has 62 valence electrons. The van der Waals surface area contributed by atoms with Gasteiger partial charge in [0.05, 0.1) is 0 Å². The first kappa shape index (κ1) is 8.04. The van der Waals surface area contributed by atoms with E-state index in [1.54, 1.807) is 4.90 Å². The van der Waals surface area contributed by atoms with Gasteiger partial charge in [-0.15, -0.1) is 0 Å². The SMILES string of the molecule is O=CCCN1CCCNC1=O. The van der Waals surface area contributed by atoms with Gasteiger partial charge in [-0.1, -0.05) is 0 Å². The van der Waals surface area contributed by atoms with Crippen molar-refractivity contribution < 1.29 is 9.59 Å². The third kappa shape index (κ3) is 2.22. The summed E-state index contributed by atoms with van der Waals surface area (Å²) in [5.41, 5.74) is 0. The standard InChI is InChI=1S/C7H12N2O2/c10-6-2-5-9-4-1-3-8-7(9)11/h6H,1-5H2,(H,8,11). The molecule has 0 unspecified atom stereocenters. The fourth-order valence-electron chi connectivity index (χ4n) is 1.10. The molecular formula is C7H12N2O2. The number of rotatable bonds is 3. The zero-order chi connectivity index (χ0) is 8.10. The Hall–Kier alpha value is -1.06. The van der Waals surface area contributed by atoms with Crippen molar-refractivity contribution in [2.45, 2.75) is 12.8 Å². The number of hydrogen-bond donors (Lipinski definition) is 1. The summed E-state index contributed by atoms with van der Waals surface area (Å²) in [6.07, 6.45) is 2.25. The lowest BCUT2D eigenvalue weighted by atomic mass is 10.3. The summed E-state index contributed by atoms with van der Waals surface area (Å²) < 4.78 is 0. The molecular weight excluding hydrogens is 144 g/mol. The maximum absolute atomic E-state index is 11.0. The minimum Gasteiger partial charge on any atom is -0.338 e. The molecule has 0 radical (unpaired) electrons. The van der Waals surface area contributed by atoms with Crippen LogP contribution in [0.4, 0.5) is 4.79 Å². The predicted octanol–water partition coefficient (Wildman–Crippen LogP) is -0.00930. The summed E-state index contributed by atoms with van der Waals surface area (Å²) in [6, 6.07) is -0.0434. The van der Waals surface area contributed by atoms with Gasteiger partial charge in [0.2, 0.25) is 0 Å². The van der Waals surface area contributed by atoms with Crippen LogP contribution in [0.25, 0.3) is 0 Å². The molecule has 0 aromatic heterocycles. The van der Waals surface area contributed by atoms with E-state index in [0.717, 1.165) is 25.8 Å². The van der Waals surface area contributed by atoms with Gasteiger partial charge in [-0.3, -0.25) is 0 Å². The van der Waals surface area contributed by atoms with Gasteiger partial charge in [-0.2, -0.15) is 0 Å². The number of amides is 2. The highest BCUT2D eigenvalue weighted by Gasteiger charge is 2.15. The highest BCUT2D eigenvalue weighted by atomic mass is 16.2. The Morgan fingerprint density at radius 3 is 3.09 bits per heavy atom. The molecule has 0 atom stereocenters. The fourth-order valence-corrected chi connectivity index (χ4v) is 1.10. The quantitative estimate of drug-likeness (QED) is 0.584. The van der Waals surface area contributed by atoms with Gasteiger partial charge in [0.1, 0.15) is 6.29 Å². The van der Waals surface area contributed by atoms with Gasteiger partial charge in [0, 0.05) is 26.1 Å². The maximum Gasteiger partial charge on any atom is 0.317 e. The summed E-state index contributed by atoms with van der Waals surface area (Å²) in [5, 5.41) is 2.71. The van der Waals surface area contributed by atoms with Crippen molar-refractivity contribution in [1.29, 1.82) is 0 Å². The van der Waals surface area contributed by atoms with Crippen molar-refractivity contribution in [2.75, 3.05) is 19.6 Å². The number of carbonyl (C=O) groups excluding carboxylic acids is 2. The van der Waals surface area contributed by atoms with E-state index < -0.39 is 0 Å². The molecule has 0 aromatic rings. The second-order valence-electron chi connectivity index (χ2n) is 2.53. The number of nitrogens with zero attached hydrogens (tertiary/aromatic N) is 1. The number of hydrogen-bond acceptors (Lipinski definition) is 2. The Morgan fingerprint density at radius 1 is 1.64 bits per heavy atom. The van der Waals surface area contributed by atoms with E-state index in [-0.39, 0.29) is 6.03 Å². The predicted molar refractivity (Wildman–Crippen MR) is 40.3 cm³/mol. The topological polar surface area (TPSA) is 49.4 Å². The molecule has 2 amide bonds. The molecule has 1 fully saturated rings. The van der Waals surface area contributed by atoms with Gasteiger partial charge in [-0.25, -0.2) is 4.79 Å². The smallest absolute Gasteiger partial charge is 0.317 e. The molecule has 1 saturated heterocycles. The Bertz CT molecular complexity index is 159. The number of aldehydes is 1. The highest BCUT2D eigenvalue weighted by molar-refractivity contribution is 5.75. The minimum absolute atomic E-state index is 0.0434. The van der Waals surface area contributed by atoms with Crippen molar-refractivity contribution in [2.24, 2.45) is 0 Å². The van der Waals surface area contributed by atoms with E-state index in [2.05, 4.69) is 5.32 Å². The van der Waals surface area contributed by atoms with Crippen LogP contribution in [0.5, 0.6) is 0 Å². The molecule has 0 aliphatic carbocycles. The Kier molecular flexibility index (Phi) is 2.89. The number of urea groups is 1. The molecule has 1 aliphatic heterocycles. The molecule has 0 spiro atoms. The van der Waals surface area contributed by atoms with E-state index in [1.807, 2.05) is 0 Å². The maximum atomic E-state index is 11.0. The molecule has 4 nitrogen and oxygen atoms in total. The van der Waals surface area contributed by atoms with Gasteiger partial charge in [0.15, 0.2) is 0 Å². The van der Waals surface area contributed by atoms with Crippen molar-refractivity contribution in [3.8, 4) is 0 Å². The zero-order valence-electron chi connectivity index (χ0n) is 6.38. The van der Waals surface area contributed by atoms with Crippen LogP contribution in [0.1, 0.15) is 12.8 Å². The average molecular weight is 156 g/mol. The Balaban J connectivity index is 2.29. The summed E-state index contributed by atoms with van der Waals surface area (Å²) >= 11 is 0. The summed E-state index contributed by atoms with van der Waals surface area (Å²) in [5.74, 6) is 0.